The summed E-state index contributed by atoms with van der Waals surface area (Å²) in [7, 11) is 0. The molecule has 0 aliphatic carbocycles. The van der Waals surface area contributed by atoms with Gasteiger partial charge in [-0.3, -0.25) is 9.59 Å². The molecule has 0 aliphatic rings. The van der Waals surface area contributed by atoms with E-state index in [-0.39, 0.29) is 26.2 Å². The predicted molar refractivity (Wildman–Crippen MR) is 84.2 cm³/mol. The molecule has 0 aliphatic heterocycles. The average Bonchev–Trinajstić information content (AvgIpc) is 2.45. The lowest BCUT2D eigenvalue weighted by Gasteiger charge is -2.10. The molecule has 0 radical (unpaired) electrons. The van der Waals surface area contributed by atoms with Gasteiger partial charge in [0, 0.05) is 15.1 Å². The fourth-order valence-electron chi connectivity index (χ4n) is 1.74. The zero-order valence-corrected chi connectivity index (χ0v) is 13.3. The molecular formula is C14H9BrF2N2O2S. The summed E-state index contributed by atoms with van der Waals surface area (Å²) in [4.78, 5) is 23.2. The second kappa shape index (κ2) is 6.45. The molecule has 22 heavy (non-hydrogen) atoms. The number of nitrogens with two attached hydrogens (primary N) is 1. The Morgan fingerprint density at radius 3 is 2.50 bits per heavy atom. The van der Waals surface area contributed by atoms with Crippen molar-refractivity contribution in [2.75, 3.05) is 5.32 Å². The van der Waals surface area contributed by atoms with Gasteiger partial charge in [-0.15, -0.1) is 12.6 Å². The summed E-state index contributed by atoms with van der Waals surface area (Å²) in [6.45, 7) is 0. The van der Waals surface area contributed by atoms with Crippen LogP contribution in [0.25, 0.3) is 0 Å². The molecule has 3 N–H and O–H groups in total. The number of hydrogen-bond donors (Lipinski definition) is 3. The standard InChI is InChI=1S/C14H9BrF2N2O2S/c15-8-2-4-10(22)12(17)11(8)14(21)19-6-1-3-9(16)7(5-6)13(18)20/h1-5,22H,(H2,18,20)(H,19,21). The van der Waals surface area contributed by atoms with Crippen molar-refractivity contribution in [2.45, 2.75) is 4.90 Å². The zero-order valence-electron chi connectivity index (χ0n) is 10.9. The van der Waals surface area contributed by atoms with Gasteiger partial charge in [-0.25, -0.2) is 8.78 Å². The van der Waals surface area contributed by atoms with E-state index in [1.54, 1.807) is 0 Å². The van der Waals surface area contributed by atoms with Crippen LogP contribution in [0.2, 0.25) is 0 Å². The van der Waals surface area contributed by atoms with Crippen LogP contribution in [0.1, 0.15) is 20.7 Å². The van der Waals surface area contributed by atoms with E-state index < -0.39 is 23.4 Å². The molecular weight excluding hydrogens is 378 g/mol. The number of carbonyl (C=O) groups excluding carboxylic acids is 2. The highest BCUT2D eigenvalue weighted by Crippen LogP contribution is 2.26. The summed E-state index contributed by atoms with van der Waals surface area (Å²) < 4.78 is 27.6. The summed E-state index contributed by atoms with van der Waals surface area (Å²) in [6.07, 6.45) is 0. The Balaban J connectivity index is 2.36. The van der Waals surface area contributed by atoms with Crippen LogP contribution < -0.4 is 11.1 Å². The fourth-order valence-corrected chi connectivity index (χ4v) is 2.41. The third-order valence-electron chi connectivity index (χ3n) is 2.79. The van der Waals surface area contributed by atoms with Crippen LogP contribution >= 0.6 is 28.6 Å². The third-order valence-corrected chi connectivity index (χ3v) is 3.79. The molecule has 0 aromatic heterocycles. The first-order valence-corrected chi connectivity index (χ1v) is 7.13. The lowest BCUT2D eigenvalue weighted by atomic mass is 10.1. The van der Waals surface area contributed by atoms with E-state index >= 15 is 0 Å². The van der Waals surface area contributed by atoms with Crippen LogP contribution in [-0.2, 0) is 0 Å². The van der Waals surface area contributed by atoms with Crippen LogP contribution in [-0.4, -0.2) is 11.8 Å². The maximum atomic E-state index is 14.0. The second-order valence-corrected chi connectivity index (χ2v) is 5.60. The minimum atomic E-state index is -0.974. The monoisotopic (exact) mass is 386 g/mol. The van der Waals surface area contributed by atoms with Gasteiger partial charge in [-0.1, -0.05) is 0 Å². The normalized spacial score (nSPS) is 10.4. The Kier molecular flexibility index (Phi) is 4.82. The SMILES string of the molecule is NC(=O)c1cc(NC(=O)c2c(Br)ccc(S)c2F)ccc1F. The molecule has 8 heteroatoms. The summed E-state index contributed by atoms with van der Waals surface area (Å²) >= 11 is 6.98. The van der Waals surface area contributed by atoms with E-state index in [0.717, 1.165) is 12.1 Å². The van der Waals surface area contributed by atoms with Crippen LogP contribution in [0.15, 0.2) is 39.7 Å². The highest BCUT2D eigenvalue weighted by Gasteiger charge is 2.19. The number of hydrogen-bond acceptors (Lipinski definition) is 3. The van der Waals surface area contributed by atoms with Gasteiger partial charge < -0.3 is 11.1 Å². The molecule has 0 heterocycles. The predicted octanol–water partition coefficient (Wildman–Crippen LogP) is 3.37. The van der Waals surface area contributed by atoms with Crippen LogP contribution in [0.4, 0.5) is 14.5 Å². The topological polar surface area (TPSA) is 72.2 Å². The summed E-state index contributed by atoms with van der Waals surface area (Å²) in [5.74, 6) is -3.36. The molecule has 0 fully saturated rings. The number of primary amides is 1. The van der Waals surface area contributed by atoms with Crippen molar-refractivity contribution in [1.82, 2.24) is 0 Å². The molecule has 0 saturated heterocycles. The highest BCUT2D eigenvalue weighted by molar-refractivity contribution is 9.10. The minimum Gasteiger partial charge on any atom is -0.366 e. The third kappa shape index (κ3) is 3.28. The van der Waals surface area contributed by atoms with Crippen LogP contribution in [0.3, 0.4) is 0 Å². The minimum absolute atomic E-state index is 0.00489. The molecule has 0 unspecified atom stereocenters. The Labute approximate surface area is 138 Å². The molecule has 2 rings (SSSR count). The van der Waals surface area contributed by atoms with Gasteiger partial charge >= 0.3 is 0 Å². The number of thiol groups is 1. The number of halogens is 3. The van der Waals surface area contributed by atoms with E-state index in [9.17, 15) is 18.4 Å². The first-order valence-electron chi connectivity index (χ1n) is 5.89. The van der Waals surface area contributed by atoms with Gasteiger partial charge in [0.1, 0.15) is 11.6 Å². The van der Waals surface area contributed by atoms with Gasteiger partial charge in [0.25, 0.3) is 11.8 Å². The highest BCUT2D eigenvalue weighted by atomic mass is 79.9. The Bertz CT molecular complexity index is 784. The maximum absolute atomic E-state index is 14.0. The second-order valence-electron chi connectivity index (χ2n) is 4.27. The quantitative estimate of drug-likeness (QED) is 0.707. The van der Waals surface area contributed by atoms with Gasteiger partial charge in [-0.2, -0.15) is 0 Å². The molecule has 2 aromatic carbocycles. The number of anilines is 1. The molecule has 0 atom stereocenters. The van der Waals surface area contributed by atoms with Gasteiger partial charge in [0.05, 0.1) is 11.1 Å². The van der Waals surface area contributed by atoms with Crippen molar-refractivity contribution in [1.29, 1.82) is 0 Å². The Morgan fingerprint density at radius 1 is 1.18 bits per heavy atom. The Morgan fingerprint density at radius 2 is 1.86 bits per heavy atom. The van der Waals surface area contributed by atoms with E-state index in [1.807, 2.05) is 0 Å². The van der Waals surface area contributed by atoms with E-state index in [1.165, 1.54) is 18.2 Å². The number of carbonyl (C=O) groups is 2. The number of amides is 2. The summed E-state index contributed by atoms with van der Waals surface area (Å²) in [5.41, 5.74) is 4.50. The lowest BCUT2D eigenvalue weighted by molar-refractivity contribution is 0.0992. The first kappa shape index (κ1) is 16.4. The largest absolute Gasteiger partial charge is 0.366 e. The molecule has 0 saturated carbocycles. The smallest absolute Gasteiger partial charge is 0.259 e. The van der Waals surface area contributed by atoms with E-state index in [2.05, 4.69) is 33.9 Å². The van der Waals surface area contributed by atoms with E-state index in [4.69, 9.17) is 5.73 Å². The fraction of sp³-hybridized carbons (Fsp3) is 0. The molecule has 114 valence electrons. The molecule has 0 bridgehead atoms. The van der Waals surface area contributed by atoms with Crippen molar-refractivity contribution < 1.29 is 18.4 Å². The summed E-state index contributed by atoms with van der Waals surface area (Å²) in [6, 6.07) is 6.15. The molecule has 4 nitrogen and oxygen atoms in total. The number of nitrogens with one attached hydrogen (secondary N) is 1. The number of rotatable bonds is 3. The lowest BCUT2D eigenvalue weighted by Crippen LogP contribution is -2.17. The molecule has 0 spiro atoms. The van der Waals surface area contributed by atoms with Gasteiger partial charge in [0.2, 0.25) is 0 Å². The molecule has 2 aromatic rings. The van der Waals surface area contributed by atoms with Crippen molar-refractivity contribution >= 4 is 46.1 Å². The molecule has 2 amide bonds. The summed E-state index contributed by atoms with van der Waals surface area (Å²) in [5, 5.41) is 2.37. The average molecular weight is 387 g/mol. The zero-order chi connectivity index (χ0) is 16.4. The van der Waals surface area contributed by atoms with Crippen LogP contribution in [0.5, 0.6) is 0 Å². The maximum Gasteiger partial charge on any atom is 0.259 e. The first-order chi connectivity index (χ1) is 10.3. The Hall–Kier alpha value is -1.93. The van der Waals surface area contributed by atoms with Gasteiger partial charge in [-0.05, 0) is 46.3 Å². The van der Waals surface area contributed by atoms with Crippen molar-refractivity contribution in [3.63, 3.8) is 0 Å². The van der Waals surface area contributed by atoms with Gasteiger partial charge in [0.15, 0.2) is 0 Å². The van der Waals surface area contributed by atoms with E-state index in [0.29, 0.717) is 0 Å². The number of benzene rings is 2. The van der Waals surface area contributed by atoms with Crippen molar-refractivity contribution in [3.05, 3.63) is 57.6 Å². The van der Waals surface area contributed by atoms with Crippen molar-refractivity contribution in [2.24, 2.45) is 5.73 Å². The van der Waals surface area contributed by atoms with Crippen molar-refractivity contribution in [3.8, 4) is 0 Å². The van der Waals surface area contributed by atoms with Crippen LogP contribution in [0, 0.1) is 11.6 Å².